The van der Waals surface area contributed by atoms with Gasteiger partial charge in [0.1, 0.15) is 6.04 Å². The predicted molar refractivity (Wildman–Crippen MR) is 73.0 cm³/mol. The maximum Gasteiger partial charge on any atom is 0.327 e. The van der Waals surface area contributed by atoms with Crippen molar-refractivity contribution in [3.05, 3.63) is 29.8 Å². The van der Waals surface area contributed by atoms with E-state index in [-0.39, 0.29) is 6.42 Å². The average Bonchev–Trinajstić information content (AvgIpc) is 2.45. The maximum atomic E-state index is 11.9. The van der Waals surface area contributed by atoms with E-state index in [4.69, 9.17) is 16.8 Å². The highest BCUT2D eigenvalue weighted by Gasteiger charge is 2.21. The molecule has 0 spiro atoms. The van der Waals surface area contributed by atoms with Crippen LogP contribution < -0.4 is 10.2 Å². The Morgan fingerprint density at radius 2 is 2.05 bits per heavy atom. The van der Waals surface area contributed by atoms with Gasteiger partial charge in [0.2, 0.25) is 0 Å². The van der Waals surface area contributed by atoms with E-state index in [2.05, 4.69) is 11.2 Å². The fourth-order valence-corrected chi connectivity index (χ4v) is 1.44. The highest BCUT2D eigenvalue weighted by molar-refractivity contribution is 5.94. The summed E-state index contributed by atoms with van der Waals surface area (Å²) in [5.74, 6) is 1.01. The summed E-state index contributed by atoms with van der Waals surface area (Å²) in [6, 6.07) is 6.56. The van der Waals surface area contributed by atoms with Gasteiger partial charge in [-0.1, -0.05) is 0 Å². The summed E-state index contributed by atoms with van der Waals surface area (Å²) in [4.78, 5) is 24.1. The number of hydrogen-bond acceptors (Lipinski definition) is 3. The first-order valence-electron chi connectivity index (χ1n) is 5.70. The van der Waals surface area contributed by atoms with Crippen molar-refractivity contribution in [1.29, 1.82) is 5.26 Å². The topological polar surface area (TPSA) is 93.4 Å². The Balaban J connectivity index is 2.78. The number of terminal acetylenes is 1. The molecule has 2 amide bonds. The van der Waals surface area contributed by atoms with Crippen LogP contribution in [0, 0.1) is 23.7 Å². The van der Waals surface area contributed by atoms with Crippen LogP contribution in [0.4, 0.5) is 10.5 Å². The normalized spacial score (nSPS) is 10.8. The van der Waals surface area contributed by atoms with E-state index in [1.54, 1.807) is 24.3 Å². The number of carbonyl (C=O) groups excluding carboxylic acids is 1. The van der Waals surface area contributed by atoms with Gasteiger partial charge in [-0.15, -0.1) is 12.3 Å². The predicted octanol–water partition coefficient (Wildman–Crippen LogP) is 1.18. The molecule has 1 aromatic rings. The van der Waals surface area contributed by atoms with Crippen LogP contribution >= 0.6 is 0 Å². The first kappa shape index (κ1) is 15.1. The number of carbonyl (C=O) groups is 2. The third-order valence-electron chi connectivity index (χ3n) is 2.61. The molecule has 1 rings (SSSR count). The van der Waals surface area contributed by atoms with Crippen molar-refractivity contribution in [3.8, 4) is 18.4 Å². The van der Waals surface area contributed by atoms with Crippen LogP contribution in [0.2, 0.25) is 0 Å². The molecule has 0 aliphatic heterocycles. The van der Waals surface area contributed by atoms with Crippen LogP contribution in [0.5, 0.6) is 0 Å². The van der Waals surface area contributed by atoms with Gasteiger partial charge in [0, 0.05) is 19.2 Å². The van der Waals surface area contributed by atoms with Crippen molar-refractivity contribution < 1.29 is 14.7 Å². The number of nitrogens with zero attached hydrogens (tertiary/aromatic N) is 2. The molecule has 0 aliphatic carbocycles. The minimum atomic E-state index is -1.19. The second-order valence-corrected chi connectivity index (χ2v) is 3.97. The number of hydrogen-bond donors (Lipinski definition) is 2. The van der Waals surface area contributed by atoms with Gasteiger partial charge in [-0.2, -0.15) is 5.26 Å². The van der Waals surface area contributed by atoms with E-state index in [0.29, 0.717) is 11.3 Å². The second-order valence-electron chi connectivity index (χ2n) is 3.97. The lowest BCUT2D eigenvalue weighted by Gasteiger charge is -2.20. The number of aliphatic carboxylic acids is 1. The molecular weight excluding hydrogens is 258 g/mol. The molecule has 0 saturated carbocycles. The number of carboxylic acids is 1. The fraction of sp³-hybridized carbons (Fsp3) is 0.214. The summed E-state index contributed by atoms with van der Waals surface area (Å²) >= 11 is 0. The number of anilines is 1. The molecule has 1 unspecified atom stereocenters. The Bertz CT molecular complexity index is 581. The van der Waals surface area contributed by atoms with Crippen LogP contribution in [-0.2, 0) is 4.79 Å². The molecule has 0 aliphatic rings. The Morgan fingerprint density at radius 1 is 1.45 bits per heavy atom. The monoisotopic (exact) mass is 271 g/mol. The third kappa shape index (κ3) is 3.76. The molecule has 1 aromatic carbocycles. The zero-order valence-electron chi connectivity index (χ0n) is 10.8. The van der Waals surface area contributed by atoms with Crippen LogP contribution in [0.3, 0.4) is 0 Å². The lowest BCUT2D eigenvalue weighted by atomic mass is 10.2. The molecule has 6 nitrogen and oxygen atoms in total. The summed E-state index contributed by atoms with van der Waals surface area (Å²) in [5.41, 5.74) is 1.00. The SMILES string of the molecule is C#CCC(NC(=O)N(C)c1ccc(C#N)cc1)C(=O)O. The number of carboxylic acid groups (broad SMARTS) is 1. The largest absolute Gasteiger partial charge is 0.480 e. The maximum absolute atomic E-state index is 11.9. The van der Waals surface area contributed by atoms with Crippen molar-refractivity contribution >= 4 is 17.7 Å². The van der Waals surface area contributed by atoms with Crippen molar-refractivity contribution in [2.24, 2.45) is 0 Å². The van der Waals surface area contributed by atoms with Gasteiger partial charge in [-0.25, -0.2) is 9.59 Å². The summed E-state index contributed by atoms with van der Waals surface area (Å²) in [7, 11) is 1.49. The Kier molecular flexibility index (Phi) is 5.13. The summed E-state index contributed by atoms with van der Waals surface area (Å²) in [5, 5.41) is 19.9. The van der Waals surface area contributed by atoms with E-state index in [9.17, 15) is 9.59 Å². The summed E-state index contributed by atoms with van der Waals surface area (Å²) in [6.45, 7) is 0. The van der Waals surface area contributed by atoms with Crippen LogP contribution in [0.15, 0.2) is 24.3 Å². The van der Waals surface area contributed by atoms with Gasteiger partial charge in [0.05, 0.1) is 11.6 Å². The fourth-order valence-electron chi connectivity index (χ4n) is 1.44. The Labute approximate surface area is 116 Å². The number of nitriles is 1. The first-order chi connectivity index (χ1) is 9.49. The van der Waals surface area contributed by atoms with Gasteiger partial charge in [0.15, 0.2) is 0 Å². The number of urea groups is 1. The van der Waals surface area contributed by atoms with E-state index >= 15 is 0 Å². The molecule has 20 heavy (non-hydrogen) atoms. The average molecular weight is 271 g/mol. The van der Waals surface area contributed by atoms with Crippen molar-refractivity contribution in [1.82, 2.24) is 5.32 Å². The van der Waals surface area contributed by atoms with Crippen molar-refractivity contribution in [2.45, 2.75) is 12.5 Å². The molecular formula is C14H13N3O3. The van der Waals surface area contributed by atoms with E-state index in [1.165, 1.54) is 11.9 Å². The highest BCUT2D eigenvalue weighted by atomic mass is 16.4. The zero-order chi connectivity index (χ0) is 15.1. The first-order valence-corrected chi connectivity index (χ1v) is 5.70. The zero-order valence-corrected chi connectivity index (χ0v) is 10.8. The van der Waals surface area contributed by atoms with Crippen molar-refractivity contribution in [3.63, 3.8) is 0 Å². The molecule has 102 valence electrons. The Morgan fingerprint density at radius 3 is 2.50 bits per heavy atom. The van der Waals surface area contributed by atoms with Gasteiger partial charge >= 0.3 is 12.0 Å². The minimum absolute atomic E-state index is 0.0950. The van der Waals surface area contributed by atoms with Crippen molar-refractivity contribution in [2.75, 3.05) is 11.9 Å². The smallest absolute Gasteiger partial charge is 0.327 e. The molecule has 2 N–H and O–H groups in total. The van der Waals surface area contributed by atoms with E-state index < -0.39 is 18.0 Å². The molecule has 0 heterocycles. The molecule has 0 bridgehead atoms. The lowest BCUT2D eigenvalue weighted by Crippen LogP contribution is -2.46. The van der Waals surface area contributed by atoms with Gasteiger partial charge < -0.3 is 10.4 Å². The number of nitrogens with one attached hydrogen (secondary N) is 1. The van der Waals surface area contributed by atoms with E-state index in [1.807, 2.05) is 6.07 Å². The highest BCUT2D eigenvalue weighted by Crippen LogP contribution is 2.13. The molecule has 0 aromatic heterocycles. The lowest BCUT2D eigenvalue weighted by molar-refractivity contribution is -0.139. The second kappa shape index (κ2) is 6.81. The van der Waals surface area contributed by atoms with Gasteiger partial charge in [-0.3, -0.25) is 4.90 Å². The molecule has 6 heteroatoms. The molecule has 0 radical (unpaired) electrons. The molecule has 0 saturated heterocycles. The quantitative estimate of drug-likeness (QED) is 0.804. The number of benzene rings is 1. The summed E-state index contributed by atoms with van der Waals surface area (Å²) in [6.07, 6.45) is 4.96. The van der Waals surface area contributed by atoms with E-state index in [0.717, 1.165) is 0 Å². The Hall–Kier alpha value is -2.99. The molecule has 0 fully saturated rings. The number of rotatable bonds is 4. The van der Waals surface area contributed by atoms with Crippen LogP contribution in [-0.4, -0.2) is 30.2 Å². The van der Waals surface area contributed by atoms with Crippen LogP contribution in [0.25, 0.3) is 0 Å². The minimum Gasteiger partial charge on any atom is -0.480 e. The third-order valence-corrected chi connectivity index (χ3v) is 2.61. The van der Waals surface area contributed by atoms with Gasteiger partial charge in [-0.05, 0) is 24.3 Å². The van der Waals surface area contributed by atoms with Gasteiger partial charge in [0.25, 0.3) is 0 Å². The standard InChI is InChI=1S/C14H13N3O3/c1-3-4-12(13(18)19)16-14(20)17(2)11-7-5-10(9-15)6-8-11/h1,5-8,12H,4H2,2H3,(H,16,20)(H,18,19). The molecule has 1 atom stereocenters. The summed E-state index contributed by atoms with van der Waals surface area (Å²) < 4.78 is 0. The van der Waals surface area contributed by atoms with Crippen LogP contribution in [0.1, 0.15) is 12.0 Å². The number of amides is 2.